The Balaban J connectivity index is 1.45. The van der Waals surface area contributed by atoms with Gasteiger partial charge in [0, 0.05) is 11.6 Å². The first kappa shape index (κ1) is 22.3. The zero-order chi connectivity index (χ0) is 23.5. The first-order chi connectivity index (χ1) is 15.8. The number of nitrogens with one attached hydrogen (secondary N) is 2. The summed E-state index contributed by atoms with van der Waals surface area (Å²) in [6.07, 6.45) is 0. The number of nitrogens with zero attached hydrogens (tertiary/aromatic N) is 1. The average Bonchev–Trinajstić information content (AvgIpc) is 3.09. The SMILES string of the molecule is Cc1ccc(NC(=O)CN2C(=O)NC(C(C)c3cccc(-c4ccc(C)cc4)c3)C2=O)cc1. The number of imide groups is 1. The standard InChI is InChI=1S/C27H27N3O3/c1-17-7-11-20(12-8-17)22-6-4-5-21(15-22)19(3)25-26(32)30(27(33)29-25)16-24(31)28-23-13-9-18(2)10-14-23/h4-15,19,25H,16H2,1-3H3,(H,28,31)(H,29,33). The van der Waals surface area contributed by atoms with E-state index in [4.69, 9.17) is 0 Å². The molecule has 3 aromatic rings. The molecule has 6 heteroatoms. The minimum atomic E-state index is -0.724. The molecule has 168 valence electrons. The van der Waals surface area contributed by atoms with Gasteiger partial charge in [0.2, 0.25) is 5.91 Å². The summed E-state index contributed by atoms with van der Waals surface area (Å²) >= 11 is 0. The number of rotatable bonds is 6. The number of carbonyl (C=O) groups is 3. The second-order valence-corrected chi connectivity index (χ2v) is 8.55. The van der Waals surface area contributed by atoms with Gasteiger partial charge in [-0.05, 0) is 42.7 Å². The van der Waals surface area contributed by atoms with Crippen molar-refractivity contribution in [3.8, 4) is 11.1 Å². The number of carbonyl (C=O) groups excluding carboxylic acids is 3. The summed E-state index contributed by atoms with van der Waals surface area (Å²) in [6.45, 7) is 5.58. The van der Waals surface area contributed by atoms with Crippen molar-refractivity contribution in [3.05, 3.63) is 89.5 Å². The Labute approximate surface area is 193 Å². The molecule has 1 fully saturated rings. The molecular formula is C27H27N3O3. The summed E-state index contributed by atoms with van der Waals surface area (Å²) in [6, 6.07) is 22.3. The lowest BCUT2D eigenvalue weighted by atomic mass is 9.90. The molecule has 1 heterocycles. The van der Waals surface area contributed by atoms with Crippen molar-refractivity contribution in [2.45, 2.75) is 32.7 Å². The Hall–Kier alpha value is -3.93. The highest BCUT2D eigenvalue weighted by Crippen LogP contribution is 2.28. The zero-order valence-electron chi connectivity index (χ0n) is 19.0. The van der Waals surface area contributed by atoms with Crippen molar-refractivity contribution in [2.24, 2.45) is 0 Å². The molecule has 2 N–H and O–H groups in total. The normalized spacial score (nSPS) is 16.5. The fourth-order valence-corrected chi connectivity index (χ4v) is 3.95. The molecule has 0 aromatic heterocycles. The zero-order valence-corrected chi connectivity index (χ0v) is 19.0. The molecule has 1 saturated heterocycles. The molecule has 2 unspecified atom stereocenters. The molecule has 1 aliphatic rings. The van der Waals surface area contributed by atoms with Crippen molar-refractivity contribution in [2.75, 3.05) is 11.9 Å². The van der Waals surface area contributed by atoms with Gasteiger partial charge in [0.25, 0.3) is 5.91 Å². The topological polar surface area (TPSA) is 78.5 Å². The summed E-state index contributed by atoms with van der Waals surface area (Å²) < 4.78 is 0. The van der Waals surface area contributed by atoms with E-state index in [-0.39, 0.29) is 12.5 Å². The van der Waals surface area contributed by atoms with E-state index in [1.807, 2.05) is 57.2 Å². The lowest BCUT2D eigenvalue weighted by Crippen LogP contribution is -2.39. The highest BCUT2D eigenvalue weighted by molar-refractivity contribution is 6.08. The minimum absolute atomic E-state index is 0.253. The summed E-state index contributed by atoms with van der Waals surface area (Å²) in [7, 11) is 0. The first-order valence-corrected chi connectivity index (χ1v) is 11.0. The van der Waals surface area contributed by atoms with Crippen LogP contribution in [-0.4, -0.2) is 35.3 Å². The Bertz CT molecular complexity index is 1190. The van der Waals surface area contributed by atoms with Crippen LogP contribution in [0.2, 0.25) is 0 Å². The molecule has 4 amide bonds. The van der Waals surface area contributed by atoms with Crippen LogP contribution in [0.15, 0.2) is 72.8 Å². The maximum absolute atomic E-state index is 13.0. The highest BCUT2D eigenvalue weighted by Gasteiger charge is 2.42. The number of anilines is 1. The van der Waals surface area contributed by atoms with E-state index in [2.05, 4.69) is 34.9 Å². The van der Waals surface area contributed by atoms with Gasteiger partial charge in [0.15, 0.2) is 0 Å². The fourth-order valence-electron chi connectivity index (χ4n) is 3.95. The van der Waals surface area contributed by atoms with Gasteiger partial charge in [-0.2, -0.15) is 0 Å². The molecule has 33 heavy (non-hydrogen) atoms. The van der Waals surface area contributed by atoms with Crippen LogP contribution < -0.4 is 10.6 Å². The number of hydrogen-bond donors (Lipinski definition) is 2. The lowest BCUT2D eigenvalue weighted by Gasteiger charge is -2.19. The van der Waals surface area contributed by atoms with Gasteiger partial charge in [-0.1, -0.05) is 78.7 Å². The third kappa shape index (κ3) is 4.95. The van der Waals surface area contributed by atoms with E-state index in [1.54, 1.807) is 12.1 Å². The molecule has 6 nitrogen and oxygen atoms in total. The van der Waals surface area contributed by atoms with Crippen molar-refractivity contribution in [1.29, 1.82) is 0 Å². The maximum atomic E-state index is 13.0. The largest absolute Gasteiger partial charge is 0.325 e. The summed E-state index contributed by atoms with van der Waals surface area (Å²) in [5.41, 5.74) is 5.96. The quantitative estimate of drug-likeness (QED) is 0.548. The van der Waals surface area contributed by atoms with E-state index >= 15 is 0 Å². The second-order valence-electron chi connectivity index (χ2n) is 8.55. The molecular weight excluding hydrogens is 414 g/mol. The number of benzene rings is 3. The number of hydrogen-bond acceptors (Lipinski definition) is 3. The monoisotopic (exact) mass is 441 g/mol. The van der Waals surface area contributed by atoms with Crippen molar-refractivity contribution >= 4 is 23.5 Å². The molecule has 0 radical (unpaired) electrons. The van der Waals surface area contributed by atoms with Gasteiger partial charge in [-0.15, -0.1) is 0 Å². The van der Waals surface area contributed by atoms with Crippen LogP contribution in [0.25, 0.3) is 11.1 Å². The molecule has 0 spiro atoms. The highest BCUT2D eigenvalue weighted by atomic mass is 16.2. The van der Waals surface area contributed by atoms with Crippen LogP contribution in [0, 0.1) is 13.8 Å². The fraction of sp³-hybridized carbons (Fsp3) is 0.222. The molecule has 3 aromatic carbocycles. The van der Waals surface area contributed by atoms with E-state index < -0.39 is 23.9 Å². The smallest absolute Gasteiger partial charge is 0.325 e. The van der Waals surface area contributed by atoms with Crippen molar-refractivity contribution in [3.63, 3.8) is 0 Å². The maximum Gasteiger partial charge on any atom is 0.325 e. The molecule has 0 aliphatic carbocycles. The molecule has 1 aliphatic heterocycles. The van der Waals surface area contributed by atoms with E-state index in [1.165, 1.54) is 5.56 Å². The third-order valence-corrected chi connectivity index (χ3v) is 5.99. The van der Waals surface area contributed by atoms with Gasteiger partial charge >= 0.3 is 6.03 Å². The summed E-state index contributed by atoms with van der Waals surface area (Å²) in [4.78, 5) is 38.9. The van der Waals surface area contributed by atoms with Crippen LogP contribution in [0.1, 0.15) is 29.5 Å². The summed E-state index contributed by atoms with van der Waals surface area (Å²) in [5, 5.41) is 5.48. The van der Waals surface area contributed by atoms with E-state index in [0.717, 1.165) is 27.2 Å². The predicted molar refractivity (Wildman–Crippen MR) is 129 cm³/mol. The van der Waals surface area contributed by atoms with Crippen LogP contribution >= 0.6 is 0 Å². The Morgan fingerprint density at radius 3 is 2.24 bits per heavy atom. The Kier molecular flexibility index (Phi) is 6.27. The van der Waals surface area contributed by atoms with Crippen molar-refractivity contribution in [1.82, 2.24) is 10.2 Å². The van der Waals surface area contributed by atoms with Crippen LogP contribution in [-0.2, 0) is 9.59 Å². The molecule has 2 atom stereocenters. The van der Waals surface area contributed by atoms with Crippen LogP contribution in [0.4, 0.5) is 10.5 Å². The average molecular weight is 442 g/mol. The number of urea groups is 1. The van der Waals surface area contributed by atoms with E-state index in [0.29, 0.717) is 5.69 Å². The summed E-state index contributed by atoms with van der Waals surface area (Å²) in [5.74, 6) is -1.07. The Morgan fingerprint density at radius 2 is 1.58 bits per heavy atom. The second kappa shape index (κ2) is 9.28. The van der Waals surface area contributed by atoms with Crippen LogP contribution in [0.3, 0.4) is 0 Å². The van der Waals surface area contributed by atoms with Crippen LogP contribution in [0.5, 0.6) is 0 Å². The van der Waals surface area contributed by atoms with Gasteiger partial charge in [-0.25, -0.2) is 4.79 Å². The third-order valence-electron chi connectivity index (χ3n) is 5.99. The van der Waals surface area contributed by atoms with E-state index in [9.17, 15) is 14.4 Å². The van der Waals surface area contributed by atoms with Gasteiger partial charge in [0.05, 0.1) is 0 Å². The van der Waals surface area contributed by atoms with Gasteiger partial charge < -0.3 is 10.6 Å². The Morgan fingerprint density at radius 1 is 0.939 bits per heavy atom. The first-order valence-electron chi connectivity index (χ1n) is 11.0. The number of amides is 4. The van der Waals surface area contributed by atoms with Gasteiger partial charge in [0.1, 0.15) is 12.6 Å². The lowest BCUT2D eigenvalue weighted by molar-refractivity contribution is -0.131. The molecule has 0 bridgehead atoms. The van der Waals surface area contributed by atoms with Gasteiger partial charge in [-0.3, -0.25) is 14.5 Å². The predicted octanol–water partition coefficient (Wildman–Crippen LogP) is 4.63. The number of aryl methyl sites for hydroxylation is 2. The molecule has 0 saturated carbocycles. The van der Waals surface area contributed by atoms with Crippen molar-refractivity contribution < 1.29 is 14.4 Å². The molecule has 4 rings (SSSR count). The minimum Gasteiger partial charge on any atom is -0.325 e.